The number of pyridine rings is 1. The van der Waals surface area contributed by atoms with E-state index in [9.17, 15) is 19.2 Å². The van der Waals surface area contributed by atoms with E-state index < -0.39 is 5.97 Å². The molecule has 1 aromatic heterocycles. The van der Waals surface area contributed by atoms with E-state index in [4.69, 9.17) is 4.74 Å². The zero-order valence-corrected chi connectivity index (χ0v) is 17.6. The first kappa shape index (κ1) is 20.2. The highest BCUT2D eigenvalue weighted by molar-refractivity contribution is 6.06. The molecule has 3 aliphatic carbocycles. The number of rotatable bonds is 4. The van der Waals surface area contributed by atoms with Gasteiger partial charge in [-0.3, -0.25) is 19.3 Å². The molecule has 1 aliphatic heterocycles. The zero-order valence-electron chi connectivity index (χ0n) is 17.6. The van der Waals surface area contributed by atoms with Crippen molar-refractivity contribution in [1.82, 2.24) is 9.88 Å². The first-order valence-electron chi connectivity index (χ1n) is 11.2. The number of anilines is 1. The van der Waals surface area contributed by atoms with Gasteiger partial charge in [0, 0.05) is 18.2 Å². The predicted octanol–water partition coefficient (Wildman–Crippen LogP) is 2.40. The summed E-state index contributed by atoms with van der Waals surface area (Å²) in [4.78, 5) is 56.3. The third kappa shape index (κ3) is 3.23. The number of carbonyl (C=O) groups is 4. The molecule has 3 amide bonds. The number of nitrogens with one attached hydrogen (secondary N) is 1. The van der Waals surface area contributed by atoms with Crippen LogP contribution in [0.25, 0.3) is 0 Å². The lowest BCUT2D eigenvalue weighted by Gasteiger charge is -2.33. The summed E-state index contributed by atoms with van der Waals surface area (Å²) >= 11 is 0. The van der Waals surface area contributed by atoms with Crippen LogP contribution in [0.1, 0.15) is 55.4 Å². The lowest BCUT2D eigenvalue weighted by molar-refractivity contribution is -0.144. The van der Waals surface area contributed by atoms with Crippen LogP contribution < -0.4 is 5.32 Å². The monoisotopic (exact) mass is 425 g/mol. The fourth-order valence-corrected chi connectivity index (χ4v) is 6.39. The van der Waals surface area contributed by atoms with Crippen molar-refractivity contribution in [3.8, 4) is 0 Å². The van der Waals surface area contributed by atoms with Gasteiger partial charge in [-0.2, -0.15) is 0 Å². The average molecular weight is 425 g/mol. The minimum Gasteiger partial charge on any atom is -0.464 e. The largest absolute Gasteiger partial charge is 0.464 e. The van der Waals surface area contributed by atoms with Crippen molar-refractivity contribution >= 4 is 29.4 Å². The van der Waals surface area contributed by atoms with Gasteiger partial charge in [0.05, 0.1) is 24.6 Å². The molecule has 3 saturated carbocycles. The van der Waals surface area contributed by atoms with Crippen molar-refractivity contribution in [2.75, 3.05) is 12.4 Å². The molecular formula is C23H27N3O5. The summed E-state index contributed by atoms with van der Waals surface area (Å²) in [7, 11) is 1.27. The number of hydrogen-bond acceptors (Lipinski definition) is 6. The van der Waals surface area contributed by atoms with E-state index in [1.807, 2.05) is 0 Å². The van der Waals surface area contributed by atoms with E-state index in [1.54, 1.807) is 17.0 Å². The molecule has 8 nitrogen and oxygen atoms in total. The normalized spacial score (nSPS) is 34.0. The van der Waals surface area contributed by atoms with Crippen molar-refractivity contribution < 1.29 is 23.9 Å². The molecule has 4 fully saturated rings. The Morgan fingerprint density at radius 1 is 1.03 bits per heavy atom. The van der Waals surface area contributed by atoms with E-state index in [2.05, 4.69) is 10.3 Å². The summed E-state index contributed by atoms with van der Waals surface area (Å²) in [5, 5.41) is 2.80. The molecule has 1 N–H and O–H groups in total. The van der Waals surface area contributed by atoms with E-state index in [0.29, 0.717) is 43.2 Å². The van der Waals surface area contributed by atoms with Crippen molar-refractivity contribution in [2.45, 2.75) is 51.0 Å². The van der Waals surface area contributed by atoms with Crippen LogP contribution in [0.2, 0.25) is 0 Å². The summed E-state index contributed by atoms with van der Waals surface area (Å²) in [5.74, 6) is -0.337. The van der Waals surface area contributed by atoms with Gasteiger partial charge in [-0.05, 0) is 68.9 Å². The number of hydrogen-bond donors (Lipinski definition) is 1. The molecule has 8 heteroatoms. The number of esters is 1. The number of fused-ring (bicyclic) bond motifs is 5. The molecule has 31 heavy (non-hydrogen) atoms. The van der Waals surface area contributed by atoms with E-state index in [0.717, 1.165) is 19.3 Å². The fourth-order valence-electron chi connectivity index (χ4n) is 6.39. The smallest absolute Gasteiger partial charge is 0.358 e. The molecule has 0 aromatic carbocycles. The number of aromatic nitrogens is 1. The van der Waals surface area contributed by atoms with Crippen LogP contribution in [0.15, 0.2) is 18.3 Å². The van der Waals surface area contributed by atoms with E-state index in [-0.39, 0.29) is 47.2 Å². The molecule has 5 rings (SSSR count). The molecule has 0 radical (unpaired) electrons. The van der Waals surface area contributed by atoms with Gasteiger partial charge in [0.1, 0.15) is 0 Å². The summed E-state index contributed by atoms with van der Waals surface area (Å²) in [6.07, 6.45) is 7.14. The SMILES string of the molecule is COC(=O)c1ncccc1NC(=O)C1CCC(N2C(=O)[C@@H]3[C@@H]4CC[C@@H](C4)[C@@H]3C2=O)CC1. The number of nitrogens with zero attached hydrogens (tertiary/aromatic N) is 2. The van der Waals surface area contributed by atoms with Crippen LogP contribution in [-0.4, -0.2) is 46.7 Å². The Labute approximate surface area is 180 Å². The molecule has 0 spiro atoms. The molecule has 4 aliphatic rings. The van der Waals surface area contributed by atoms with E-state index >= 15 is 0 Å². The lowest BCUT2D eigenvalue weighted by Crippen LogP contribution is -2.44. The molecule has 4 atom stereocenters. The number of imide groups is 1. The Kier molecular flexibility index (Phi) is 5.02. The van der Waals surface area contributed by atoms with Crippen LogP contribution in [-0.2, 0) is 19.1 Å². The maximum Gasteiger partial charge on any atom is 0.358 e. The summed E-state index contributed by atoms with van der Waals surface area (Å²) in [6, 6.07) is 3.17. The van der Waals surface area contributed by atoms with Crippen molar-refractivity contribution in [3.63, 3.8) is 0 Å². The Morgan fingerprint density at radius 3 is 2.29 bits per heavy atom. The van der Waals surface area contributed by atoms with Crippen LogP contribution >= 0.6 is 0 Å². The second kappa shape index (κ2) is 7.73. The number of ether oxygens (including phenoxy) is 1. The molecule has 0 unspecified atom stereocenters. The molecule has 2 heterocycles. The topological polar surface area (TPSA) is 106 Å². The van der Waals surface area contributed by atoms with Crippen molar-refractivity contribution in [3.05, 3.63) is 24.0 Å². The summed E-state index contributed by atoms with van der Waals surface area (Å²) < 4.78 is 4.72. The molecule has 1 aromatic rings. The van der Waals surface area contributed by atoms with Crippen LogP contribution in [0.3, 0.4) is 0 Å². The first-order chi connectivity index (χ1) is 15.0. The van der Waals surface area contributed by atoms with Gasteiger partial charge in [-0.15, -0.1) is 0 Å². The zero-order chi connectivity index (χ0) is 21.7. The van der Waals surface area contributed by atoms with Gasteiger partial charge in [0.25, 0.3) is 0 Å². The maximum absolute atomic E-state index is 13.0. The summed E-state index contributed by atoms with van der Waals surface area (Å²) in [6.45, 7) is 0. The van der Waals surface area contributed by atoms with Gasteiger partial charge < -0.3 is 10.1 Å². The third-order valence-corrected chi connectivity index (χ3v) is 7.84. The fraction of sp³-hybridized carbons (Fsp3) is 0.609. The van der Waals surface area contributed by atoms with Gasteiger partial charge >= 0.3 is 5.97 Å². The highest BCUT2D eigenvalue weighted by atomic mass is 16.5. The lowest BCUT2D eigenvalue weighted by atomic mass is 9.81. The second-order valence-electron chi connectivity index (χ2n) is 9.32. The van der Waals surface area contributed by atoms with Crippen LogP contribution in [0.5, 0.6) is 0 Å². The number of methoxy groups -OCH3 is 1. The number of amides is 3. The minimum absolute atomic E-state index is 0.0354. The number of likely N-dealkylation sites (tertiary alicyclic amines) is 1. The predicted molar refractivity (Wildman–Crippen MR) is 110 cm³/mol. The van der Waals surface area contributed by atoms with Gasteiger partial charge in [-0.1, -0.05) is 0 Å². The Balaban J connectivity index is 1.22. The number of carbonyl (C=O) groups excluding carboxylic acids is 4. The van der Waals surface area contributed by atoms with Crippen LogP contribution in [0.4, 0.5) is 5.69 Å². The second-order valence-corrected chi connectivity index (χ2v) is 9.32. The van der Waals surface area contributed by atoms with Crippen LogP contribution in [0, 0.1) is 29.6 Å². The first-order valence-corrected chi connectivity index (χ1v) is 11.2. The van der Waals surface area contributed by atoms with Crippen molar-refractivity contribution in [1.29, 1.82) is 0 Å². The van der Waals surface area contributed by atoms with E-state index in [1.165, 1.54) is 13.3 Å². The standard InChI is InChI=1S/C23H27N3O5/c1-31-23(30)19-16(3-2-10-24-19)25-20(27)12-6-8-15(9-7-12)26-21(28)17-13-4-5-14(11-13)18(17)22(26)29/h2-3,10,12-15,17-18H,4-9,11H2,1H3,(H,25,27)/t12?,13-,14+,15?,17-,18+. The third-order valence-electron chi connectivity index (χ3n) is 7.84. The molecule has 1 saturated heterocycles. The highest BCUT2D eigenvalue weighted by Gasteiger charge is 2.61. The highest BCUT2D eigenvalue weighted by Crippen LogP contribution is 2.56. The van der Waals surface area contributed by atoms with Gasteiger partial charge in [-0.25, -0.2) is 9.78 Å². The Morgan fingerprint density at radius 2 is 1.68 bits per heavy atom. The Bertz CT molecular complexity index is 911. The van der Waals surface area contributed by atoms with Gasteiger partial charge in [0.2, 0.25) is 17.7 Å². The summed E-state index contributed by atoms with van der Waals surface area (Å²) in [5.41, 5.74) is 0.399. The molecule has 164 valence electrons. The average Bonchev–Trinajstić information content (AvgIpc) is 3.47. The maximum atomic E-state index is 13.0. The molecular weight excluding hydrogens is 398 g/mol. The van der Waals surface area contributed by atoms with Crippen molar-refractivity contribution in [2.24, 2.45) is 29.6 Å². The minimum atomic E-state index is -0.606. The molecule has 2 bridgehead atoms. The quantitative estimate of drug-likeness (QED) is 0.587. The van der Waals surface area contributed by atoms with Gasteiger partial charge in [0.15, 0.2) is 5.69 Å². The Hall–Kier alpha value is -2.77.